The lowest BCUT2D eigenvalue weighted by Gasteiger charge is -2.20. The van der Waals surface area contributed by atoms with E-state index < -0.39 is 0 Å². The first kappa shape index (κ1) is 5.52. The van der Waals surface area contributed by atoms with Crippen LogP contribution < -0.4 is 0 Å². The van der Waals surface area contributed by atoms with Crippen molar-refractivity contribution >= 4 is 0 Å². The highest BCUT2D eigenvalue weighted by atomic mass is 14.5. The first-order valence-corrected chi connectivity index (χ1v) is 3.97. The first-order valence-electron chi connectivity index (χ1n) is 3.97. The van der Waals surface area contributed by atoms with Gasteiger partial charge in [-0.3, -0.25) is 0 Å². The van der Waals surface area contributed by atoms with Crippen LogP contribution in [0.5, 0.6) is 0 Å². The Balaban J connectivity index is 2.09. The predicted molar refractivity (Wildman–Crippen MR) is 39.2 cm³/mol. The maximum atomic E-state index is 2.38. The fourth-order valence-corrected chi connectivity index (χ4v) is 1.97. The number of hydrogen-bond donors (Lipinski definition) is 0. The summed E-state index contributed by atoms with van der Waals surface area (Å²) in [7, 11) is 0. The van der Waals surface area contributed by atoms with Gasteiger partial charge in [-0.05, 0) is 37.0 Å². The topological polar surface area (TPSA) is 0 Å². The van der Waals surface area contributed by atoms with E-state index in [9.17, 15) is 0 Å². The Morgan fingerprint density at radius 2 is 2.22 bits per heavy atom. The molecule has 0 aromatic carbocycles. The molecule has 0 N–H and O–H groups in total. The first-order chi connectivity index (χ1) is 4.31. The third-order valence-corrected chi connectivity index (χ3v) is 2.73. The van der Waals surface area contributed by atoms with Gasteiger partial charge in [-0.1, -0.05) is 19.1 Å². The van der Waals surface area contributed by atoms with Gasteiger partial charge in [0.25, 0.3) is 0 Å². The summed E-state index contributed by atoms with van der Waals surface area (Å²) in [5, 5.41) is 0. The van der Waals surface area contributed by atoms with Crippen LogP contribution in [0.4, 0.5) is 0 Å². The normalized spacial score (nSPS) is 37.2. The fourth-order valence-electron chi connectivity index (χ4n) is 1.97. The molecular formula is C9H14. The monoisotopic (exact) mass is 122 g/mol. The lowest BCUT2D eigenvalue weighted by Crippen LogP contribution is -2.08. The molecule has 0 bridgehead atoms. The quantitative estimate of drug-likeness (QED) is 0.433. The second-order valence-corrected chi connectivity index (χ2v) is 3.81. The van der Waals surface area contributed by atoms with Crippen LogP contribution in [-0.2, 0) is 0 Å². The van der Waals surface area contributed by atoms with Crippen molar-refractivity contribution in [2.24, 2.45) is 11.3 Å². The molecule has 0 nitrogen and oxygen atoms in total. The van der Waals surface area contributed by atoms with E-state index in [0.717, 1.165) is 11.3 Å². The third kappa shape index (κ3) is 0.910. The minimum absolute atomic E-state index is 0.814. The van der Waals surface area contributed by atoms with Gasteiger partial charge in [-0.2, -0.15) is 0 Å². The molecule has 0 saturated heterocycles. The fraction of sp³-hybridized carbons (Fsp3) is 0.778. The molecule has 2 aliphatic carbocycles. The Labute approximate surface area is 57.0 Å². The standard InChI is InChI=1S/C9H14/c1-8-3-2-4-9(7-8)5-6-9/h2-3,8H,4-7H2,1H3/t8-/m1/s1. The number of allylic oxidation sites excluding steroid dienone is 2. The minimum Gasteiger partial charge on any atom is -0.0877 e. The van der Waals surface area contributed by atoms with Crippen LogP contribution in [0.1, 0.15) is 32.6 Å². The Bertz CT molecular complexity index is 140. The summed E-state index contributed by atoms with van der Waals surface area (Å²) in [6, 6.07) is 0. The molecular weight excluding hydrogens is 108 g/mol. The van der Waals surface area contributed by atoms with Gasteiger partial charge >= 0.3 is 0 Å². The molecule has 0 unspecified atom stereocenters. The van der Waals surface area contributed by atoms with E-state index in [-0.39, 0.29) is 0 Å². The zero-order chi connectivity index (χ0) is 6.32. The summed E-state index contributed by atoms with van der Waals surface area (Å²) in [5.74, 6) is 0.862. The van der Waals surface area contributed by atoms with Crippen molar-refractivity contribution in [2.45, 2.75) is 32.6 Å². The maximum Gasteiger partial charge on any atom is -0.0257 e. The smallest absolute Gasteiger partial charge is 0.0257 e. The molecule has 1 atom stereocenters. The minimum atomic E-state index is 0.814. The van der Waals surface area contributed by atoms with Gasteiger partial charge in [-0.25, -0.2) is 0 Å². The molecule has 2 aliphatic rings. The highest BCUT2D eigenvalue weighted by Crippen LogP contribution is 2.55. The van der Waals surface area contributed by atoms with Gasteiger partial charge < -0.3 is 0 Å². The second-order valence-electron chi connectivity index (χ2n) is 3.81. The molecule has 0 radical (unpaired) electrons. The number of hydrogen-bond acceptors (Lipinski definition) is 0. The second kappa shape index (κ2) is 1.62. The highest BCUT2D eigenvalue weighted by Gasteiger charge is 2.42. The molecule has 0 heteroatoms. The zero-order valence-corrected chi connectivity index (χ0v) is 6.06. The summed E-state index contributed by atoms with van der Waals surface area (Å²) in [6.45, 7) is 2.33. The van der Waals surface area contributed by atoms with Gasteiger partial charge in [0.1, 0.15) is 0 Å². The SMILES string of the molecule is C[C@@H]1C=CCC2(CC2)C1. The van der Waals surface area contributed by atoms with Crippen molar-refractivity contribution in [3.63, 3.8) is 0 Å². The van der Waals surface area contributed by atoms with Crippen LogP contribution in [0.2, 0.25) is 0 Å². The van der Waals surface area contributed by atoms with E-state index >= 15 is 0 Å². The van der Waals surface area contributed by atoms with E-state index in [0.29, 0.717) is 0 Å². The average Bonchev–Trinajstić information content (AvgIpc) is 2.49. The van der Waals surface area contributed by atoms with Gasteiger partial charge in [0.2, 0.25) is 0 Å². The summed E-state index contributed by atoms with van der Waals surface area (Å²) in [4.78, 5) is 0. The van der Waals surface area contributed by atoms with Crippen LogP contribution in [-0.4, -0.2) is 0 Å². The van der Waals surface area contributed by atoms with Gasteiger partial charge in [0.05, 0.1) is 0 Å². The molecule has 0 amide bonds. The van der Waals surface area contributed by atoms with Crippen LogP contribution in [0.15, 0.2) is 12.2 Å². The Hall–Kier alpha value is -0.260. The van der Waals surface area contributed by atoms with Crippen molar-refractivity contribution in [3.05, 3.63) is 12.2 Å². The number of rotatable bonds is 0. The third-order valence-electron chi connectivity index (χ3n) is 2.73. The van der Waals surface area contributed by atoms with Crippen molar-refractivity contribution in [1.29, 1.82) is 0 Å². The van der Waals surface area contributed by atoms with Crippen molar-refractivity contribution < 1.29 is 0 Å². The average molecular weight is 122 g/mol. The molecule has 9 heavy (non-hydrogen) atoms. The van der Waals surface area contributed by atoms with E-state index in [1.165, 1.54) is 25.7 Å². The van der Waals surface area contributed by atoms with Crippen LogP contribution in [0, 0.1) is 11.3 Å². The lowest BCUT2D eigenvalue weighted by molar-refractivity contribution is 0.395. The van der Waals surface area contributed by atoms with Gasteiger partial charge in [0, 0.05) is 0 Å². The van der Waals surface area contributed by atoms with Crippen LogP contribution >= 0.6 is 0 Å². The van der Waals surface area contributed by atoms with E-state index in [1.54, 1.807) is 0 Å². The summed E-state index contributed by atoms with van der Waals surface area (Å²) in [6.07, 6.45) is 10.6. The highest BCUT2D eigenvalue weighted by molar-refractivity contribution is 5.07. The van der Waals surface area contributed by atoms with Crippen molar-refractivity contribution in [1.82, 2.24) is 0 Å². The van der Waals surface area contributed by atoms with E-state index in [1.807, 2.05) is 0 Å². The predicted octanol–water partition coefficient (Wildman–Crippen LogP) is 2.75. The van der Waals surface area contributed by atoms with Crippen molar-refractivity contribution in [3.8, 4) is 0 Å². The van der Waals surface area contributed by atoms with Crippen molar-refractivity contribution in [2.75, 3.05) is 0 Å². The van der Waals surface area contributed by atoms with Crippen LogP contribution in [0.25, 0.3) is 0 Å². The molecule has 2 rings (SSSR count). The molecule has 0 aliphatic heterocycles. The lowest BCUT2D eigenvalue weighted by atomic mass is 9.85. The van der Waals surface area contributed by atoms with Crippen LogP contribution in [0.3, 0.4) is 0 Å². The molecule has 1 fully saturated rings. The summed E-state index contributed by atoms with van der Waals surface area (Å²) >= 11 is 0. The van der Waals surface area contributed by atoms with E-state index in [2.05, 4.69) is 19.1 Å². The maximum absolute atomic E-state index is 2.38. The molecule has 0 aromatic rings. The molecule has 0 heterocycles. The molecule has 1 saturated carbocycles. The molecule has 0 aromatic heterocycles. The van der Waals surface area contributed by atoms with Gasteiger partial charge in [0.15, 0.2) is 0 Å². The summed E-state index contributed by atoms with van der Waals surface area (Å²) < 4.78 is 0. The Kier molecular flexibility index (Phi) is 0.992. The molecule has 50 valence electrons. The largest absolute Gasteiger partial charge is 0.0877 e. The Morgan fingerprint density at radius 1 is 1.44 bits per heavy atom. The van der Waals surface area contributed by atoms with Gasteiger partial charge in [-0.15, -0.1) is 0 Å². The Morgan fingerprint density at radius 3 is 2.67 bits per heavy atom. The molecule has 1 spiro atoms. The zero-order valence-electron chi connectivity index (χ0n) is 6.06. The summed E-state index contributed by atoms with van der Waals surface area (Å²) in [5.41, 5.74) is 0.814. The van der Waals surface area contributed by atoms with E-state index in [4.69, 9.17) is 0 Å².